The Bertz CT molecular complexity index is 479. The zero-order valence-corrected chi connectivity index (χ0v) is 11.1. The van der Waals surface area contributed by atoms with E-state index in [0.717, 1.165) is 0 Å². The number of nitrogens with two attached hydrogens (primary N) is 1. The molecule has 0 aliphatic rings. The molecule has 0 radical (unpaired) electrons. The topological polar surface area (TPSA) is 55.1 Å². The molecule has 0 aliphatic heterocycles. The molecule has 1 rings (SSSR count). The molecule has 7 heteroatoms. The molecular weight excluding hydrogens is 276 g/mol. The number of benzene rings is 1. The van der Waals surface area contributed by atoms with E-state index in [-0.39, 0.29) is 18.5 Å². The van der Waals surface area contributed by atoms with Crippen molar-refractivity contribution in [1.82, 2.24) is 0 Å². The van der Waals surface area contributed by atoms with Crippen LogP contribution in [0.1, 0.15) is 20.3 Å². The first-order valence-corrected chi connectivity index (χ1v) is 6.11. The lowest BCUT2D eigenvalue weighted by Gasteiger charge is -2.17. The summed E-state index contributed by atoms with van der Waals surface area (Å²) in [4.78, 5) is 11.8. The summed E-state index contributed by atoms with van der Waals surface area (Å²) in [6.45, 7) is 3.66. The van der Waals surface area contributed by atoms with Crippen LogP contribution in [0.2, 0.25) is 0 Å². The lowest BCUT2D eigenvalue weighted by atomic mass is 9.96. The van der Waals surface area contributed by atoms with Gasteiger partial charge >= 0.3 is 0 Å². The van der Waals surface area contributed by atoms with E-state index in [2.05, 4.69) is 0 Å². The number of anilines is 1. The molecule has 1 aromatic carbocycles. The number of amides is 1. The molecule has 3 N–H and O–H groups in total. The molecule has 1 amide bonds. The Morgan fingerprint density at radius 1 is 1.20 bits per heavy atom. The smallest absolute Gasteiger partial charge is 0.228 e. The van der Waals surface area contributed by atoms with Gasteiger partial charge in [-0.15, -0.1) is 0 Å². The van der Waals surface area contributed by atoms with Crippen molar-refractivity contribution >= 4 is 11.6 Å². The van der Waals surface area contributed by atoms with E-state index in [1.165, 1.54) is 0 Å². The Balaban J connectivity index is 3.01. The Morgan fingerprint density at radius 3 is 2.10 bits per heavy atom. The highest BCUT2D eigenvalue weighted by Crippen LogP contribution is 2.25. The zero-order valence-electron chi connectivity index (χ0n) is 11.1. The van der Waals surface area contributed by atoms with Crippen LogP contribution in [0.25, 0.3) is 0 Å². The van der Waals surface area contributed by atoms with Crippen LogP contribution < -0.4 is 11.1 Å². The maximum atomic E-state index is 13.4. The summed E-state index contributed by atoms with van der Waals surface area (Å²) >= 11 is 0. The molecular formula is C13H16F4N2O. The Kier molecular flexibility index (Phi) is 5.50. The van der Waals surface area contributed by atoms with Gasteiger partial charge in [0.1, 0.15) is 5.69 Å². The normalized spacial score (nSPS) is 12.6. The van der Waals surface area contributed by atoms with Crippen LogP contribution in [0.5, 0.6) is 0 Å². The number of hydrogen-bond acceptors (Lipinski definition) is 2. The van der Waals surface area contributed by atoms with Crippen molar-refractivity contribution in [2.45, 2.75) is 20.3 Å². The summed E-state index contributed by atoms with van der Waals surface area (Å²) in [5.41, 5.74) is 4.29. The molecule has 0 saturated carbocycles. The summed E-state index contributed by atoms with van der Waals surface area (Å²) in [6.07, 6.45) is 0.392. The van der Waals surface area contributed by atoms with Gasteiger partial charge in [-0.2, -0.15) is 0 Å². The van der Waals surface area contributed by atoms with E-state index in [9.17, 15) is 22.4 Å². The summed E-state index contributed by atoms with van der Waals surface area (Å²) in [7, 11) is 0. The van der Waals surface area contributed by atoms with Crippen molar-refractivity contribution in [1.29, 1.82) is 0 Å². The van der Waals surface area contributed by atoms with Crippen LogP contribution in [-0.2, 0) is 4.79 Å². The molecule has 112 valence electrons. The number of carbonyl (C=O) groups is 1. The van der Waals surface area contributed by atoms with E-state index in [1.54, 1.807) is 0 Å². The van der Waals surface area contributed by atoms with Crippen molar-refractivity contribution in [3.63, 3.8) is 0 Å². The van der Waals surface area contributed by atoms with E-state index >= 15 is 0 Å². The predicted molar refractivity (Wildman–Crippen MR) is 66.9 cm³/mol. The minimum Gasteiger partial charge on any atom is -0.330 e. The number of carbonyl (C=O) groups excluding carboxylic acids is 1. The standard InChI is InChI=1S/C13H16F4N2O/c1-6(2)3-7(5-18)13(20)19-12-10(16)8(14)4-9(15)11(12)17/h4,6-7H,3,5,18H2,1-2H3,(H,19,20). The van der Waals surface area contributed by atoms with Crippen LogP contribution in [0.15, 0.2) is 6.07 Å². The lowest BCUT2D eigenvalue weighted by molar-refractivity contribution is -0.120. The summed E-state index contributed by atoms with van der Waals surface area (Å²) in [6, 6.07) is 0.0782. The largest absolute Gasteiger partial charge is 0.330 e. The van der Waals surface area contributed by atoms with Gasteiger partial charge in [0.05, 0.1) is 5.92 Å². The van der Waals surface area contributed by atoms with E-state index in [4.69, 9.17) is 5.73 Å². The van der Waals surface area contributed by atoms with Gasteiger partial charge in [0.15, 0.2) is 23.3 Å². The third kappa shape index (κ3) is 3.69. The highest BCUT2D eigenvalue weighted by molar-refractivity contribution is 5.93. The maximum Gasteiger partial charge on any atom is 0.228 e. The van der Waals surface area contributed by atoms with Crippen LogP contribution in [0, 0.1) is 35.1 Å². The van der Waals surface area contributed by atoms with Crippen molar-refractivity contribution in [2.24, 2.45) is 17.6 Å². The molecule has 1 atom stereocenters. The minimum atomic E-state index is -1.64. The van der Waals surface area contributed by atoms with Crippen LogP contribution in [0.3, 0.4) is 0 Å². The first-order valence-electron chi connectivity index (χ1n) is 6.11. The molecule has 0 fully saturated rings. The number of nitrogens with one attached hydrogen (secondary N) is 1. The van der Waals surface area contributed by atoms with Crippen molar-refractivity contribution in [3.05, 3.63) is 29.3 Å². The lowest BCUT2D eigenvalue weighted by Crippen LogP contribution is -2.31. The molecule has 20 heavy (non-hydrogen) atoms. The molecule has 0 heterocycles. The van der Waals surface area contributed by atoms with Crippen molar-refractivity contribution in [3.8, 4) is 0 Å². The van der Waals surface area contributed by atoms with E-state index in [0.29, 0.717) is 6.42 Å². The molecule has 1 unspecified atom stereocenters. The second-order valence-corrected chi connectivity index (χ2v) is 4.89. The minimum absolute atomic E-state index is 0.0367. The van der Waals surface area contributed by atoms with Crippen LogP contribution >= 0.6 is 0 Å². The molecule has 0 bridgehead atoms. The second-order valence-electron chi connectivity index (χ2n) is 4.89. The average molecular weight is 292 g/mol. The van der Waals surface area contributed by atoms with Crippen molar-refractivity contribution < 1.29 is 22.4 Å². The Labute approximate surface area is 114 Å². The SMILES string of the molecule is CC(C)CC(CN)C(=O)Nc1c(F)c(F)cc(F)c1F. The van der Waals surface area contributed by atoms with Gasteiger partial charge in [-0.25, -0.2) is 17.6 Å². The van der Waals surface area contributed by atoms with Gasteiger partial charge in [-0.1, -0.05) is 13.8 Å². The van der Waals surface area contributed by atoms with Crippen molar-refractivity contribution in [2.75, 3.05) is 11.9 Å². The van der Waals surface area contributed by atoms with Gasteiger partial charge in [0.2, 0.25) is 5.91 Å². The van der Waals surface area contributed by atoms with Crippen LogP contribution in [0.4, 0.5) is 23.2 Å². The fourth-order valence-corrected chi connectivity index (χ4v) is 1.79. The fraction of sp³-hybridized carbons (Fsp3) is 0.462. The van der Waals surface area contributed by atoms with Gasteiger partial charge in [-0.3, -0.25) is 4.79 Å². The quantitative estimate of drug-likeness (QED) is 0.647. The average Bonchev–Trinajstić information content (AvgIpc) is 2.38. The van der Waals surface area contributed by atoms with Gasteiger partial charge < -0.3 is 11.1 Å². The molecule has 0 aliphatic carbocycles. The van der Waals surface area contributed by atoms with Gasteiger partial charge in [-0.05, 0) is 12.3 Å². The number of halogens is 4. The third-order valence-corrected chi connectivity index (χ3v) is 2.77. The Morgan fingerprint density at radius 2 is 1.70 bits per heavy atom. The molecule has 1 aromatic rings. The molecule has 0 spiro atoms. The van der Waals surface area contributed by atoms with Crippen LogP contribution in [-0.4, -0.2) is 12.5 Å². The van der Waals surface area contributed by atoms with E-state index in [1.807, 2.05) is 19.2 Å². The monoisotopic (exact) mass is 292 g/mol. The maximum absolute atomic E-state index is 13.4. The summed E-state index contributed by atoms with van der Waals surface area (Å²) in [5, 5.41) is 1.87. The van der Waals surface area contributed by atoms with Gasteiger partial charge in [0.25, 0.3) is 0 Å². The predicted octanol–water partition coefficient (Wildman–Crippen LogP) is 2.80. The second kappa shape index (κ2) is 6.69. The number of rotatable bonds is 5. The fourth-order valence-electron chi connectivity index (χ4n) is 1.79. The number of hydrogen-bond donors (Lipinski definition) is 2. The first kappa shape index (κ1) is 16.4. The van der Waals surface area contributed by atoms with Gasteiger partial charge in [0, 0.05) is 12.6 Å². The molecule has 3 nitrogen and oxygen atoms in total. The highest BCUT2D eigenvalue weighted by atomic mass is 19.2. The zero-order chi connectivity index (χ0) is 15.4. The Hall–Kier alpha value is -1.63. The third-order valence-electron chi connectivity index (χ3n) is 2.77. The van der Waals surface area contributed by atoms with E-state index < -0.39 is 40.8 Å². The molecule has 0 saturated heterocycles. The summed E-state index contributed by atoms with van der Waals surface area (Å²) in [5.74, 6) is -7.77. The highest BCUT2D eigenvalue weighted by Gasteiger charge is 2.24. The summed E-state index contributed by atoms with van der Waals surface area (Å²) < 4.78 is 52.8. The molecule has 0 aromatic heterocycles. The first-order chi connectivity index (χ1) is 9.27.